The van der Waals surface area contributed by atoms with E-state index < -0.39 is 11.2 Å². The molecule has 1 fully saturated rings. The molecule has 0 aliphatic heterocycles. The van der Waals surface area contributed by atoms with E-state index in [1.54, 1.807) is 12.0 Å². The maximum Gasteiger partial charge on any atom is 0.410 e. The second-order valence-corrected chi connectivity index (χ2v) is 9.20. The molecule has 0 aromatic rings. The van der Waals surface area contributed by atoms with Crippen LogP contribution in [-0.2, 0) is 14.2 Å². The lowest BCUT2D eigenvalue weighted by molar-refractivity contribution is 0.0202. The van der Waals surface area contributed by atoms with Crippen molar-refractivity contribution in [1.29, 1.82) is 0 Å². The van der Waals surface area contributed by atoms with Gasteiger partial charge >= 0.3 is 12.2 Å². The molecule has 2 amide bonds. The highest BCUT2D eigenvalue weighted by atomic mass is 16.6. The highest BCUT2D eigenvalue weighted by Gasteiger charge is 2.30. The van der Waals surface area contributed by atoms with Crippen LogP contribution >= 0.6 is 0 Å². The summed E-state index contributed by atoms with van der Waals surface area (Å²) in [5.41, 5.74) is -1.05. The number of amides is 2. The van der Waals surface area contributed by atoms with Gasteiger partial charge in [0.05, 0.1) is 6.61 Å². The summed E-state index contributed by atoms with van der Waals surface area (Å²) in [7, 11) is 1.61. The van der Waals surface area contributed by atoms with Crippen molar-refractivity contribution in [2.75, 3.05) is 33.4 Å². The molecule has 0 bridgehead atoms. The smallest absolute Gasteiger partial charge is 0.410 e. The van der Waals surface area contributed by atoms with E-state index in [4.69, 9.17) is 14.2 Å². The first kappa shape index (κ1) is 24.5. The first-order valence-corrected chi connectivity index (χ1v) is 10.1. The lowest BCUT2D eigenvalue weighted by Crippen LogP contribution is -2.50. The predicted octanol–water partition coefficient (Wildman–Crippen LogP) is 2.91. The molecule has 2 N–H and O–H groups in total. The SMILES string of the molecule is COCCN(CCNC1CCCC1NC(=O)OC(C)(C)C)C(=O)OC(C)(C)C. The number of carbonyl (C=O) groups is 2. The van der Waals surface area contributed by atoms with Gasteiger partial charge in [-0.1, -0.05) is 0 Å². The van der Waals surface area contributed by atoms with Crippen LogP contribution in [0.2, 0.25) is 0 Å². The Balaban J connectivity index is 2.50. The third kappa shape index (κ3) is 10.1. The molecule has 0 radical (unpaired) electrons. The molecule has 1 rings (SSSR count). The van der Waals surface area contributed by atoms with Gasteiger partial charge in [-0.3, -0.25) is 0 Å². The van der Waals surface area contributed by atoms with Crippen LogP contribution < -0.4 is 10.6 Å². The standard InChI is InChI=1S/C20H39N3O5/c1-19(2,3)27-17(24)22-16-10-8-9-15(16)21-11-12-23(13-14-26-7)18(25)28-20(4,5)6/h15-16,21H,8-14H2,1-7H3,(H,22,24). The van der Waals surface area contributed by atoms with Crippen LogP contribution in [0.5, 0.6) is 0 Å². The van der Waals surface area contributed by atoms with Crippen molar-refractivity contribution < 1.29 is 23.8 Å². The maximum absolute atomic E-state index is 12.4. The van der Waals surface area contributed by atoms with Crippen molar-refractivity contribution in [2.24, 2.45) is 0 Å². The number of ether oxygens (including phenoxy) is 3. The molecule has 0 heterocycles. The fourth-order valence-corrected chi connectivity index (χ4v) is 3.04. The summed E-state index contributed by atoms with van der Waals surface area (Å²) in [4.78, 5) is 26.1. The van der Waals surface area contributed by atoms with Gasteiger partial charge in [-0.2, -0.15) is 0 Å². The van der Waals surface area contributed by atoms with Crippen LogP contribution in [0.25, 0.3) is 0 Å². The van der Waals surface area contributed by atoms with Gasteiger partial charge < -0.3 is 29.7 Å². The Morgan fingerprint density at radius 3 is 2.14 bits per heavy atom. The van der Waals surface area contributed by atoms with Crippen LogP contribution in [0.3, 0.4) is 0 Å². The number of nitrogens with one attached hydrogen (secondary N) is 2. The first-order chi connectivity index (χ1) is 12.9. The Bertz CT molecular complexity index is 499. The predicted molar refractivity (Wildman–Crippen MR) is 108 cm³/mol. The maximum atomic E-state index is 12.4. The molecular weight excluding hydrogens is 362 g/mol. The van der Waals surface area contributed by atoms with Crippen molar-refractivity contribution in [3.05, 3.63) is 0 Å². The van der Waals surface area contributed by atoms with Crippen LogP contribution in [-0.4, -0.2) is 73.7 Å². The van der Waals surface area contributed by atoms with Crippen LogP contribution in [0.15, 0.2) is 0 Å². The Kier molecular flexibility index (Phi) is 9.50. The molecule has 0 spiro atoms. The Hall–Kier alpha value is -1.54. The molecule has 8 nitrogen and oxygen atoms in total. The summed E-state index contributed by atoms with van der Waals surface area (Å²) in [5, 5.41) is 6.43. The first-order valence-electron chi connectivity index (χ1n) is 10.1. The summed E-state index contributed by atoms with van der Waals surface area (Å²) in [6.45, 7) is 13.1. The van der Waals surface area contributed by atoms with Gasteiger partial charge in [0, 0.05) is 38.8 Å². The lowest BCUT2D eigenvalue weighted by atomic mass is 10.1. The van der Waals surface area contributed by atoms with E-state index in [0.717, 1.165) is 19.3 Å². The summed E-state index contributed by atoms with van der Waals surface area (Å²) in [6, 6.07) is 0.194. The average Bonchev–Trinajstić information content (AvgIpc) is 2.93. The number of rotatable bonds is 8. The van der Waals surface area contributed by atoms with Gasteiger partial charge in [-0.15, -0.1) is 0 Å². The Labute approximate surface area is 169 Å². The van der Waals surface area contributed by atoms with E-state index in [1.807, 2.05) is 41.5 Å². The van der Waals surface area contributed by atoms with E-state index in [9.17, 15) is 9.59 Å². The molecule has 0 aromatic heterocycles. The summed E-state index contributed by atoms with van der Waals surface area (Å²) in [6.07, 6.45) is 2.20. The molecule has 0 aromatic carbocycles. The number of hydrogen-bond acceptors (Lipinski definition) is 6. The van der Waals surface area contributed by atoms with Gasteiger partial charge in [-0.25, -0.2) is 9.59 Å². The zero-order chi connectivity index (χ0) is 21.4. The molecule has 1 aliphatic rings. The third-order valence-electron chi connectivity index (χ3n) is 4.22. The lowest BCUT2D eigenvalue weighted by Gasteiger charge is -2.29. The summed E-state index contributed by atoms with van der Waals surface area (Å²) < 4.78 is 15.9. The van der Waals surface area contributed by atoms with Crippen LogP contribution in [0.4, 0.5) is 9.59 Å². The van der Waals surface area contributed by atoms with E-state index in [2.05, 4.69) is 10.6 Å². The van der Waals surface area contributed by atoms with E-state index in [-0.39, 0.29) is 24.3 Å². The van der Waals surface area contributed by atoms with Crippen LogP contribution in [0.1, 0.15) is 60.8 Å². The molecule has 1 aliphatic carbocycles. The van der Waals surface area contributed by atoms with Crippen molar-refractivity contribution in [2.45, 2.75) is 84.1 Å². The minimum absolute atomic E-state index is 0.0313. The highest BCUT2D eigenvalue weighted by molar-refractivity contribution is 5.68. The zero-order valence-electron chi connectivity index (χ0n) is 18.6. The molecule has 28 heavy (non-hydrogen) atoms. The summed E-state index contributed by atoms with van der Waals surface area (Å²) in [5.74, 6) is 0. The van der Waals surface area contributed by atoms with E-state index in [1.165, 1.54) is 0 Å². The molecule has 0 saturated heterocycles. The van der Waals surface area contributed by atoms with Crippen molar-refractivity contribution in [3.63, 3.8) is 0 Å². The fraction of sp³-hybridized carbons (Fsp3) is 0.900. The van der Waals surface area contributed by atoms with Gasteiger partial charge in [-0.05, 0) is 60.8 Å². The second kappa shape index (κ2) is 10.9. The second-order valence-electron chi connectivity index (χ2n) is 9.20. The highest BCUT2D eigenvalue weighted by Crippen LogP contribution is 2.20. The molecule has 1 saturated carbocycles. The Morgan fingerprint density at radius 1 is 0.964 bits per heavy atom. The van der Waals surface area contributed by atoms with Gasteiger partial charge in [0.2, 0.25) is 0 Å². The number of alkyl carbamates (subject to hydrolysis) is 1. The monoisotopic (exact) mass is 401 g/mol. The number of nitrogens with zero attached hydrogens (tertiary/aromatic N) is 1. The normalized spacial score (nSPS) is 20.0. The zero-order valence-corrected chi connectivity index (χ0v) is 18.6. The van der Waals surface area contributed by atoms with Gasteiger partial charge in [0.1, 0.15) is 11.2 Å². The van der Waals surface area contributed by atoms with Gasteiger partial charge in [0.15, 0.2) is 0 Å². The molecular formula is C20H39N3O5. The largest absolute Gasteiger partial charge is 0.444 e. The Morgan fingerprint density at radius 2 is 1.57 bits per heavy atom. The molecule has 164 valence electrons. The van der Waals surface area contributed by atoms with Crippen molar-refractivity contribution >= 4 is 12.2 Å². The van der Waals surface area contributed by atoms with Crippen molar-refractivity contribution in [3.8, 4) is 0 Å². The quantitative estimate of drug-likeness (QED) is 0.650. The molecule has 2 atom stereocenters. The number of carbonyl (C=O) groups excluding carboxylic acids is 2. The minimum Gasteiger partial charge on any atom is -0.444 e. The van der Waals surface area contributed by atoms with Crippen LogP contribution in [0, 0.1) is 0 Å². The molecule has 2 unspecified atom stereocenters. The van der Waals surface area contributed by atoms with Gasteiger partial charge in [0.25, 0.3) is 0 Å². The topological polar surface area (TPSA) is 89.1 Å². The summed E-state index contributed by atoms with van der Waals surface area (Å²) >= 11 is 0. The number of hydrogen-bond donors (Lipinski definition) is 2. The fourth-order valence-electron chi connectivity index (χ4n) is 3.04. The minimum atomic E-state index is -0.538. The third-order valence-corrected chi connectivity index (χ3v) is 4.22. The van der Waals surface area contributed by atoms with Crippen molar-refractivity contribution in [1.82, 2.24) is 15.5 Å². The van der Waals surface area contributed by atoms with E-state index in [0.29, 0.717) is 26.2 Å². The number of methoxy groups -OCH3 is 1. The average molecular weight is 402 g/mol. The molecule has 8 heteroatoms. The van der Waals surface area contributed by atoms with E-state index >= 15 is 0 Å².